The number of aromatic carboxylic acids is 1. The van der Waals surface area contributed by atoms with Crippen molar-refractivity contribution in [1.82, 2.24) is 14.9 Å². The van der Waals surface area contributed by atoms with Gasteiger partial charge in [-0.2, -0.15) is 5.10 Å². The smallest absolute Gasteiger partial charge is 0.341 e. The number of ether oxygens (including phenoxy) is 1. The Morgan fingerprint density at radius 2 is 1.85 bits per heavy atom. The quantitative estimate of drug-likeness (QED) is 0.434. The molecule has 1 N–H and O–H groups in total. The van der Waals surface area contributed by atoms with Gasteiger partial charge in [0.25, 0.3) is 0 Å². The number of carboxylic acid groups (broad SMARTS) is 1. The van der Waals surface area contributed by atoms with E-state index in [-0.39, 0.29) is 17.4 Å². The summed E-state index contributed by atoms with van der Waals surface area (Å²) >= 11 is 0. The summed E-state index contributed by atoms with van der Waals surface area (Å²) in [6.07, 6.45) is 4.11. The van der Waals surface area contributed by atoms with Crippen LogP contribution in [0.15, 0.2) is 65.4 Å². The van der Waals surface area contributed by atoms with E-state index in [4.69, 9.17) is 9.26 Å². The van der Waals surface area contributed by atoms with Gasteiger partial charge in [0.1, 0.15) is 11.3 Å². The van der Waals surface area contributed by atoms with E-state index in [1.165, 1.54) is 13.3 Å². The summed E-state index contributed by atoms with van der Waals surface area (Å²) in [4.78, 5) is 23.9. The zero-order valence-corrected chi connectivity index (χ0v) is 18.1. The van der Waals surface area contributed by atoms with E-state index < -0.39 is 11.9 Å². The number of carbonyl (C=O) groups excluding carboxylic acids is 1. The molecule has 0 radical (unpaired) electrons. The number of carboxylic acids is 1. The molecule has 0 amide bonds. The molecule has 2 aromatic heterocycles. The third-order valence-corrected chi connectivity index (χ3v) is 6.07. The Bertz CT molecular complexity index is 1370. The first-order valence-electron chi connectivity index (χ1n) is 10.5. The van der Waals surface area contributed by atoms with E-state index in [1.54, 1.807) is 29.1 Å². The van der Waals surface area contributed by atoms with Crippen molar-refractivity contribution in [2.45, 2.75) is 25.2 Å². The first kappa shape index (κ1) is 20.7. The number of aromatic nitrogens is 3. The third-order valence-electron chi connectivity index (χ3n) is 6.07. The second-order valence-electron chi connectivity index (χ2n) is 8.07. The summed E-state index contributed by atoms with van der Waals surface area (Å²) in [5.41, 5.74) is 4.85. The van der Waals surface area contributed by atoms with Gasteiger partial charge < -0.3 is 14.4 Å². The van der Waals surface area contributed by atoms with Crippen molar-refractivity contribution < 1.29 is 24.0 Å². The van der Waals surface area contributed by atoms with Crippen molar-refractivity contribution >= 4 is 11.9 Å². The summed E-state index contributed by atoms with van der Waals surface area (Å²) < 4.78 is 12.0. The van der Waals surface area contributed by atoms with Crippen molar-refractivity contribution in [3.63, 3.8) is 0 Å². The number of benzene rings is 2. The number of methoxy groups -OCH3 is 1. The van der Waals surface area contributed by atoms with E-state index >= 15 is 0 Å². The number of hydrogen-bond acceptors (Lipinski definition) is 6. The fourth-order valence-electron chi connectivity index (χ4n) is 4.34. The predicted molar refractivity (Wildman–Crippen MR) is 119 cm³/mol. The maximum atomic E-state index is 12.5. The molecule has 4 aromatic rings. The van der Waals surface area contributed by atoms with Gasteiger partial charge in [0.05, 0.1) is 36.4 Å². The molecule has 0 aliphatic heterocycles. The summed E-state index contributed by atoms with van der Waals surface area (Å²) in [5, 5.41) is 17.7. The zero-order chi connectivity index (χ0) is 23.1. The first-order chi connectivity index (χ1) is 16.0. The molecule has 8 nitrogen and oxygen atoms in total. The maximum Gasteiger partial charge on any atom is 0.341 e. The van der Waals surface area contributed by atoms with Crippen molar-refractivity contribution in [3.05, 3.63) is 89.1 Å². The minimum absolute atomic E-state index is 0.0682. The molecule has 0 saturated heterocycles. The van der Waals surface area contributed by atoms with Gasteiger partial charge in [-0.3, -0.25) is 0 Å². The molecule has 2 aromatic carbocycles. The van der Waals surface area contributed by atoms with Crippen LogP contribution in [0.5, 0.6) is 0 Å². The predicted octanol–water partition coefficient (Wildman–Crippen LogP) is 4.59. The SMILES string of the molecule is COC(=O)c1cnn(-c2cccc(-c3cccc(C(=O)O)c3)c2)c1C1CC1c1cnoc1C. The Morgan fingerprint density at radius 3 is 2.55 bits per heavy atom. The van der Waals surface area contributed by atoms with Gasteiger partial charge >= 0.3 is 11.9 Å². The summed E-state index contributed by atoms with van der Waals surface area (Å²) in [7, 11) is 1.36. The van der Waals surface area contributed by atoms with E-state index in [1.807, 2.05) is 37.3 Å². The molecule has 2 heterocycles. The average molecular weight is 443 g/mol. The molecule has 2 atom stereocenters. The highest BCUT2D eigenvalue weighted by Crippen LogP contribution is 2.56. The van der Waals surface area contributed by atoms with Crippen LogP contribution in [0.2, 0.25) is 0 Å². The Labute approximate surface area is 189 Å². The standard InChI is InChI=1S/C25H21N3O5/c1-14-21(13-27-33-14)19-11-20(19)23-22(25(31)32-2)12-26-28(23)18-8-4-6-16(10-18)15-5-3-7-17(9-15)24(29)30/h3-10,12-13,19-20H,11H2,1-2H3,(H,29,30). The molecule has 0 spiro atoms. The first-order valence-corrected chi connectivity index (χ1v) is 10.5. The van der Waals surface area contributed by atoms with Crippen LogP contribution in [0.25, 0.3) is 16.8 Å². The van der Waals surface area contributed by atoms with Crippen LogP contribution in [0.3, 0.4) is 0 Å². The molecule has 1 saturated carbocycles. The van der Waals surface area contributed by atoms with Crippen molar-refractivity contribution in [1.29, 1.82) is 0 Å². The highest BCUT2D eigenvalue weighted by atomic mass is 16.5. The van der Waals surface area contributed by atoms with Crippen LogP contribution in [0.4, 0.5) is 0 Å². The fraction of sp³-hybridized carbons (Fsp3) is 0.200. The second kappa shape index (κ2) is 8.05. The fourth-order valence-corrected chi connectivity index (χ4v) is 4.34. The van der Waals surface area contributed by atoms with Gasteiger partial charge in [-0.05, 0) is 54.7 Å². The van der Waals surface area contributed by atoms with Gasteiger partial charge in [-0.1, -0.05) is 29.4 Å². The molecule has 2 unspecified atom stereocenters. The number of hydrogen-bond donors (Lipinski definition) is 1. The maximum absolute atomic E-state index is 12.5. The summed E-state index contributed by atoms with van der Waals surface area (Å²) in [6.45, 7) is 1.88. The van der Waals surface area contributed by atoms with E-state index in [0.717, 1.165) is 40.3 Å². The van der Waals surface area contributed by atoms with Crippen LogP contribution in [-0.4, -0.2) is 39.1 Å². The number of rotatable bonds is 6. The lowest BCUT2D eigenvalue weighted by molar-refractivity contribution is 0.0598. The summed E-state index contributed by atoms with van der Waals surface area (Å²) in [6, 6.07) is 14.4. The van der Waals surface area contributed by atoms with E-state index in [9.17, 15) is 14.7 Å². The van der Waals surface area contributed by atoms with Crippen molar-refractivity contribution in [2.24, 2.45) is 0 Å². The van der Waals surface area contributed by atoms with Crippen molar-refractivity contribution in [2.75, 3.05) is 7.11 Å². The Morgan fingerprint density at radius 1 is 1.09 bits per heavy atom. The number of carbonyl (C=O) groups is 2. The normalized spacial score (nSPS) is 17.0. The number of aryl methyl sites for hydroxylation is 1. The van der Waals surface area contributed by atoms with Crippen LogP contribution < -0.4 is 0 Å². The lowest BCUT2D eigenvalue weighted by Crippen LogP contribution is -2.08. The molecule has 0 bridgehead atoms. The topological polar surface area (TPSA) is 107 Å². The Hall–Kier alpha value is -4.20. The molecule has 33 heavy (non-hydrogen) atoms. The molecule has 5 rings (SSSR count). The minimum atomic E-state index is -0.978. The number of nitrogens with zero attached hydrogens (tertiary/aromatic N) is 3. The third kappa shape index (κ3) is 3.69. The average Bonchev–Trinajstić information content (AvgIpc) is 3.27. The van der Waals surface area contributed by atoms with Gasteiger partial charge in [0, 0.05) is 11.5 Å². The minimum Gasteiger partial charge on any atom is -0.478 e. The second-order valence-corrected chi connectivity index (χ2v) is 8.07. The Balaban J connectivity index is 1.57. The zero-order valence-electron chi connectivity index (χ0n) is 18.1. The van der Waals surface area contributed by atoms with Gasteiger partial charge in [0.15, 0.2) is 0 Å². The summed E-state index contributed by atoms with van der Waals surface area (Å²) in [5.74, 6) is -0.388. The molecule has 8 heteroatoms. The van der Waals surface area contributed by atoms with Gasteiger partial charge in [-0.25, -0.2) is 14.3 Å². The molecular weight excluding hydrogens is 422 g/mol. The molecule has 1 aliphatic rings. The van der Waals surface area contributed by atoms with Crippen LogP contribution in [-0.2, 0) is 4.74 Å². The van der Waals surface area contributed by atoms with E-state index in [0.29, 0.717) is 5.56 Å². The van der Waals surface area contributed by atoms with Crippen LogP contribution in [0.1, 0.15) is 56.0 Å². The van der Waals surface area contributed by atoms with Crippen molar-refractivity contribution in [3.8, 4) is 16.8 Å². The molecule has 1 fully saturated rings. The van der Waals surface area contributed by atoms with Gasteiger partial charge in [0.2, 0.25) is 0 Å². The Kier molecular flexibility index (Phi) is 5.05. The lowest BCUT2D eigenvalue weighted by Gasteiger charge is -2.11. The molecule has 1 aliphatic carbocycles. The highest BCUT2D eigenvalue weighted by Gasteiger charge is 2.46. The number of esters is 1. The van der Waals surface area contributed by atoms with E-state index in [2.05, 4.69) is 10.3 Å². The molecule has 166 valence electrons. The molecular formula is C25H21N3O5. The van der Waals surface area contributed by atoms with Gasteiger partial charge in [-0.15, -0.1) is 0 Å². The lowest BCUT2D eigenvalue weighted by atomic mass is 10.0. The largest absolute Gasteiger partial charge is 0.478 e. The monoisotopic (exact) mass is 443 g/mol. The van der Waals surface area contributed by atoms with Crippen LogP contribution >= 0.6 is 0 Å². The van der Waals surface area contributed by atoms with Crippen LogP contribution in [0, 0.1) is 6.92 Å². The highest BCUT2D eigenvalue weighted by molar-refractivity contribution is 5.91.